The average Bonchev–Trinajstić information content (AvgIpc) is 3.32. The van der Waals surface area contributed by atoms with E-state index in [1.54, 1.807) is 30.3 Å². The largest absolute Gasteiger partial charge is 0.503 e. The maximum atomic E-state index is 14.5. The molecule has 0 bridgehead atoms. The maximum absolute atomic E-state index is 14.5. The van der Waals surface area contributed by atoms with E-state index >= 15 is 0 Å². The van der Waals surface area contributed by atoms with E-state index < -0.39 is 40.5 Å². The van der Waals surface area contributed by atoms with Gasteiger partial charge in [0.2, 0.25) is 23.6 Å². The summed E-state index contributed by atoms with van der Waals surface area (Å²) < 4.78 is 6.38. The second-order valence-electron chi connectivity index (χ2n) is 12.8. The molecule has 6 rings (SSSR count). The number of phenols is 1. The van der Waals surface area contributed by atoms with E-state index in [9.17, 15) is 24.3 Å². The van der Waals surface area contributed by atoms with Crippen LogP contribution in [0.3, 0.4) is 0 Å². The van der Waals surface area contributed by atoms with E-state index in [1.165, 1.54) is 16.9 Å². The molecular weight excluding hydrogens is 668 g/mol. The van der Waals surface area contributed by atoms with Gasteiger partial charge in [0, 0.05) is 15.9 Å². The van der Waals surface area contributed by atoms with Gasteiger partial charge in [0.15, 0.2) is 11.5 Å². The molecule has 0 aromatic heterocycles. The number of aromatic hydroxyl groups is 1. The van der Waals surface area contributed by atoms with E-state index in [2.05, 4.69) is 31.9 Å². The SMILES string of the molecule is COc1cc(C2C3=CCC4C(=O)N(C(C)(C)C)C(=O)C4C3CC3C(=O)N(c4ccccc4)C(=O)C32C)c(Br)c(Br)c1O. The van der Waals surface area contributed by atoms with Crippen LogP contribution in [0, 0.1) is 29.1 Å². The minimum absolute atomic E-state index is 0.100. The standard InChI is InChI=1S/C32H32Br2N2O6/c1-31(2,3)36-27(38)17-12-11-16-18(22(17)29(36)40)13-20-28(39)35(15-9-7-6-8-10-15)30(41)32(20,4)23(16)19-14-21(42-5)26(37)25(34)24(19)33/h6-11,14,17-18,20,22-23,37H,12-13H2,1-5H3. The molecule has 0 radical (unpaired) electrons. The number of anilines is 1. The second kappa shape index (κ2) is 9.77. The summed E-state index contributed by atoms with van der Waals surface area (Å²) in [5.74, 6) is -3.89. The molecule has 0 spiro atoms. The first-order valence-electron chi connectivity index (χ1n) is 14.0. The van der Waals surface area contributed by atoms with Gasteiger partial charge in [-0.15, -0.1) is 0 Å². The van der Waals surface area contributed by atoms with Crippen molar-refractivity contribution in [2.45, 2.75) is 52.0 Å². The van der Waals surface area contributed by atoms with Gasteiger partial charge in [0.05, 0.1) is 40.4 Å². The third-order valence-corrected chi connectivity index (χ3v) is 11.8. The van der Waals surface area contributed by atoms with Gasteiger partial charge in [-0.25, -0.2) is 4.90 Å². The van der Waals surface area contributed by atoms with Crippen LogP contribution >= 0.6 is 31.9 Å². The monoisotopic (exact) mass is 698 g/mol. The van der Waals surface area contributed by atoms with Crippen LogP contribution < -0.4 is 9.64 Å². The fourth-order valence-corrected chi connectivity index (χ4v) is 8.78. The zero-order valence-corrected chi connectivity index (χ0v) is 27.2. The molecule has 42 heavy (non-hydrogen) atoms. The van der Waals surface area contributed by atoms with Crippen LogP contribution in [0.2, 0.25) is 0 Å². The number of halogens is 2. The van der Waals surface area contributed by atoms with Gasteiger partial charge in [-0.05, 0) is 102 Å². The number of carbonyl (C=O) groups excluding carboxylic acids is 4. The Morgan fingerprint density at radius 2 is 1.64 bits per heavy atom. The summed E-state index contributed by atoms with van der Waals surface area (Å²) in [7, 11) is 1.45. The quantitative estimate of drug-likeness (QED) is 0.314. The number of methoxy groups -OCH3 is 1. The molecule has 6 atom stereocenters. The molecule has 8 nitrogen and oxygen atoms in total. The van der Waals surface area contributed by atoms with Crippen molar-refractivity contribution in [2.75, 3.05) is 12.0 Å². The summed E-state index contributed by atoms with van der Waals surface area (Å²) in [6.07, 6.45) is 2.65. The van der Waals surface area contributed by atoms with Crippen molar-refractivity contribution in [3.05, 3.63) is 62.6 Å². The summed E-state index contributed by atoms with van der Waals surface area (Å²) in [6.45, 7) is 7.38. The van der Waals surface area contributed by atoms with Gasteiger partial charge in [0.25, 0.3) is 0 Å². The number of imide groups is 2. The smallest absolute Gasteiger partial charge is 0.241 e. The highest BCUT2D eigenvalue weighted by Crippen LogP contribution is 2.65. The Hall–Kier alpha value is -2.98. The zero-order valence-electron chi connectivity index (χ0n) is 24.0. The van der Waals surface area contributed by atoms with Gasteiger partial charge in [-0.3, -0.25) is 24.1 Å². The molecule has 1 N–H and O–H groups in total. The molecule has 2 aliphatic carbocycles. The number of phenolic OH excluding ortho intramolecular Hbond substituents is 1. The fourth-order valence-electron chi connectivity index (χ4n) is 7.82. The van der Waals surface area contributed by atoms with Gasteiger partial charge in [0.1, 0.15) is 0 Å². The lowest BCUT2D eigenvalue weighted by Gasteiger charge is -2.49. The normalized spacial score (nSPS) is 30.7. The van der Waals surface area contributed by atoms with Crippen LogP contribution in [0.1, 0.15) is 52.0 Å². The summed E-state index contributed by atoms with van der Waals surface area (Å²) in [4.78, 5) is 59.0. The Labute approximate surface area is 261 Å². The molecule has 10 heteroatoms. The summed E-state index contributed by atoms with van der Waals surface area (Å²) in [5.41, 5.74) is 0.116. The van der Waals surface area contributed by atoms with Crippen molar-refractivity contribution in [3.63, 3.8) is 0 Å². The first-order chi connectivity index (χ1) is 19.7. The first kappa shape index (κ1) is 29.1. The molecule has 2 aliphatic heterocycles. The number of para-hydroxylation sites is 1. The number of likely N-dealkylation sites (tertiary alicyclic amines) is 1. The molecule has 3 fully saturated rings. The highest BCUT2D eigenvalue weighted by Gasteiger charge is 2.68. The summed E-state index contributed by atoms with van der Waals surface area (Å²) in [5, 5.41) is 10.7. The highest BCUT2D eigenvalue weighted by atomic mass is 79.9. The highest BCUT2D eigenvalue weighted by molar-refractivity contribution is 9.13. The summed E-state index contributed by atoms with van der Waals surface area (Å²) >= 11 is 7.12. The molecular formula is C32H32Br2N2O6. The minimum atomic E-state index is -1.21. The van der Waals surface area contributed by atoms with Crippen molar-refractivity contribution in [2.24, 2.45) is 29.1 Å². The van der Waals surface area contributed by atoms with E-state index in [0.29, 0.717) is 26.6 Å². The lowest BCUT2D eigenvalue weighted by molar-refractivity contribution is -0.145. The molecule has 2 aromatic rings. The second-order valence-corrected chi connectivity index (χ2v) is 14.4. The van der Waals surface area contributed by atoms with Crippen LogP contribution in [0.25, 0.3) is 0 Å². The molecule has 2 aromatic carbocycles. The third-order valence-electron chi connectivity index (χ3n) is 9.66. The topological polar surface area (TPSA) is 104 Å². The van der Waals surface area contributed by atoms with E-state index in [1.807, 2.05) is 39.8 Å². The van der Waals surface area contributed by atoms with Crippen molar-refractivity contribution >= 4 is 61.2 Å². The number of hydrogen-bond acceptors (Lipinski definition) is 6. The lowest BCUT2D eigenvalue weighted by Crippen LogP contribution is -2.49. The molecule has 4 aliphatic rings. The van der Waals surface area contributed by atoms with Gasteiger partial charge >= 0.3 is 0 Å². The number of hydrogen-bond donors (Lipinski definition) is 1. The van der Waals surface area contributed by atoms with Crippen molar-refractivity contribution in [3.8, 4) is 11.5 Å². The van der Waals surface area contributed by atoms with Crippen molar-refractivity contribution in [1.29, 1.82) is 0 Å². The predicted molar refractivity (Wildman–Crippen MR) is 163 cm³/mol. The summed E-state index contributed by atoms with van der Waals surface area (Å²) in [6, 6.07) is 10.6. The number of nitrogens with zero attached hydrogens (tertiary/aromatic N) is 2. The van der Waals surface area contributed by atoms with Crippen LogP contribution in [0.4, 0.5) is 5.69 Å². The lowest BCUT2D eigenvalue weighted by atomic mass is 9.51. The molecule has 6 unspecified atom stereocenters. The molecule has 4 amide bonds. The Morgan fingerprint density at radius 1 is 0.976 bits per heavy atom. The number of fused-ring (bicyclic) bond motifs is 4. The van der Waals surface area contributed by atoms with Crippen molar-refractivity contribution < 1.29 is 29.0 Å². The number of carbonyl (C=O) groups is 4. The number of rotatable bonds is 3. The Bertz CT molecular complexity index is 1580. The van der Waals surface area contributed by atoms with Crippen LogP contribution in [-0.4, -0.2) is 46.3 Å². The molecule has 2 saturated heterocycles. The number of benzene rings is 2. The zero-order chi connectivity index (χ0) is 30.5. The van der Waals surface area contributed by atoms with Gasteiger partial charge < -0.3 is 9.84 Å². The number of amides is 4. The average molecular weight is 700 g/mol. The molecule has 220 valence electrons. The van der Waals surface area contributed by atoms with E-state index in [4.69, 9.17) is 4.74 Å². The minimum Gasteiger partial charge on any atom is -0.503 e. The Balaban J connectivity index is 1.58. The van der Waals surface area contributed by atoms with Crippen LogP contribution in [0.5, 0.6) is 11.5 Å². The maximum Gasteiger partial charge on any atom is 0.241 e. The predicted octanol–water partition coefficient (Wildman–Crippen LogP) is 5.96. The molecule has 1 saturated carbocycles. The van der Waals surface area contributed by atoms with Gasteiger partial charge in [-0.1, -0.05) is 29.8 Å². The molecule has 2 heterocycles. The van der Waals surface area contributed by atoms with Crippen LogP contribution in [0.15, 0.2) is 57.0 Å². The van der Waals surface area contributed by atoms with Gasteiger partial charge in [-0.2, -0.15) is 0 Å². The Morgan fingerprint density at radius 3 is 2.26 bits per heavy atom. The van der Waals surface area contributed by atoms with Crippen LogP contribution in [-0.2, 0) is 19.2 Å². The Kier molecular flexibility index (Phi) is 6.77. The first-order valence-corrected chi connectivity index (χ1v) is 15.6. The van der Waals surface area contributed by atoms with E-state index in [-0.39, 0.29) is 41.5 Å². The third kappa shape index (κ3) is 3.83. The number of ether oxygens (including phenoxy) is 1. The number of allylic oxidation sites excluding steroid dienone is 2. The van der Waals surface area contributed by atoms with Crippen molar-refractivity contribution in [1.82, 2.24) is 4.90 Å². The fraction of sp³-hybridized carbons (Fsp3) is 0.438. The van der Waals surface area contributed by atoms with E-state index in [0.717, 1.165) is 5.57 Å².